The molecule has 19 heavy (non-hydrogen) atoms. The van der Waals surface area contributed by atoms with Crippen LogP contribution in [0.1, 0.15) is 32.3 Å². The predicted molar refractivity (Wildman–Crippen MR) is 82.2 cm³/mol. The van der Waals surface area contributed by atoms with E-state index in [1.54, 1.807) is 0 Å². The van der Waals surface area contributed by atoms with E-state index in [1.807, 2.05) is 6.07 Å². The Hall–Kier alpha value is -0.960. The van der Waals surface area contributed by atoms with E-state index in [-0.39, 0.29) is 0 Å². The quantitative estimate of drug-likeness (QED) is 0.557. The standard InChI is InChI=1S/C16H21BrO2/c1-12(2)14(8-9-17)5-3-4-13-6-7-15-16(10-13)19-11-18-15/h5-7,10,12H,3-4,8-9,11H2,1-2H3. The van der Waals surface area contributed by atoms with Gasteiger partial charge in [-0.25, -0.2) is 0 Å². The second-order valence-electron chi connectivity index (χ2n) is 5.10. The Morgan fingerprint density at radius 3 is 2.84 bits per heavy atom. The number of hydrogen-bond donors (Lipinski definition) is 0. The van der Waals surface area contributed by atoms with Gasteiger partial charge in [0.05, 0.1) is 0 Å². The van der Waals surface area contributed by atoms with Crippen LogP contribution in [-0.4, -0.2) is 12.1 Å². The number of alkyl halides is 1. The molecule has 2 rings (SSSR count). The van der Waals surface area contributed by atoms with Crippen LogP contribution in [0.5, 0.6) is 11.5 Å². The Balaban J connectivity index is 1.93. The minimum absolute atomic E-state index is 0.349. The maximum atomic E-state index is 5.40. The third-order valence-corrected chi connectivity index (χ3v) is 3.80. The van der Waals surface area contributed by atoms with Gasteiger partial charge >= 0.3 is 0 Å². The van der Waals surface area contributed by atoms with E-state index in [1.165, 1.54) is 11.1 Å². The maximum absolute atomic E-state index is 5.40. The molecular weight excluding hydrogens is 304 g/mol. The Labute approximate surface area is 123 Å². The lowest BCUT2D eigenvalue weighted by atomic mass is 9.98. The van der Waals surface area contributed by atoms with Crippen molar-refractivity contribution in [2.75, 3.05) is 12.1 Å². The number of benzene rings is 1. The number of ether oxygens (including phenoxy) is 2. The minimum atomic E-state index is 0.349. The van der Waals surface area contributed by atoms with Crippen molar-refractivity contribution in [2.24, 2.45) is 5.92 Å². The fourth-order valence-electron chi connectivity index (χ4n) is 2.26. The van der Waals surface area contributed by atoms with Crippen LogP contribution in [-0.2, 0) is 6.42 Å². The van der Waals surface area contributed by atoms with E-state index < -0.39 is 0 Å². The Morgan fingerprint density at radius 2 is 2.11 bits per heavy atom. The van der Waals surface area contributed by atoms with Crippen LogP contribution in [0.4, 0.5) is 0 Å². The topological polar surface area (TPSA) is 18.5 Å². The van der Waals surface area contributed by atoms with Crippen LogP contribution in [0.2, 0.25) is 0 Å². The molecule has 104 valence electrons. The van der Waals surface area contributed by atoms with Crippen LogP contribution >= 0.6 is 15.9 Å². The molecule has 0 unspecified atom stereocenters. The molecule has 1 aromatic carbocycles. The van der Waals surface area contributed by atoms with Crippen molar-refractivity contribution in [3.05, 3.63) is 35.4 Å². The fourth-order valence-corrected chi connectivity index (χ4v) is 2.71. The summed E-state index contributed by atoms with van der Waals surface area (Å²) in [6, 6.07) is 6.22. The number of rotatable bonds is 6. The number of hydrogen-bond acceptors (Lipinski definition) is 2. The zero-order valence-corrected chi connectivity index (χ0v) is 13.2. The summed E-state index contributed by atoms with van der Waals surface area (Å²) in [6.07, 6.45) is 5.66. The van der Waals surface area contributed by atoms with Crippen molar-refractivity contribution >= 4 is 15.9 Å². The molecule has 1 aliphatic rings. The molecule has 0 aliphatic carbocycles. The maximum Gasteiger partial charge on any atom is 0.231 e. The molecule has 0 fully saturated rings. The minimum Gasteiger partial charge on any atom is -0.454 e. The summed E-state index contributed by atoms with van der Waals surface area (Å²) >= 11 is 3.52. The summed E-state index contributed by atoms with van der Waals surface area (Å²) < 4.78 is 10.7. The molecule has 0 aromatic heterocycles. The lowest BCUT2D eigenvalue weighted by molar-refractivity contribution is 0.174. The van der Waals surface area contributed by atoms with Crippen LogP contribution in [0, 0.1) is 5.92 Å². The molecule has 1 heterocycles. The van der Waals surface area contributed by atoms with Crippen molar-refractivity contribution in [1.29, 1.82) is 0 Å². The molecule has 0 N–H and O–H groups in total. The zero-order valence-electron chi connectivity index (χ0n) is 11.6. The predicted octanol–water partition coefficient (Wildman–Crippen LogP) is 4.72. The summed E-state index contributed by atoms with van der Waals surface area (Å²) in [7, 11) is 0. The molecule has 1 aliphatic heterocycles. The van der Waals surface area contributed by atoms with E-state index in [0.717, 1.165) is 36.1 Å². The normalized spacial score (nSPS) is 14.2. The smallest absolute Gasteiger partial charge is 0.231 e. The first-order chi connectivity index (χ1) is 9.20. The highest BCUT2D eigenvalue weighted by Crippen LogP contribution is 2.32. The molecule has 0 bridgehead atoms. The second kappa shape index (κ2) is 6.99. The monoisotopic (exact) mass is 324 g/mol. The number of halogens is 1. The average Bonchev–Trinajstić information content (AvgIpc) is 2.85. The zero-order chi connectivity index (χ0) is 13.7. The first-order valence-electron chi connectivity index (χ1n) is 6.84. The van der Waals surface area contributed by atoms with Crippen LogP contribution < -0.4 is 9.47 Å². The van der Waals surface area contributed by atoms with Crippen molar-refractivity contribution in [2.45, 2.75) is 33.1 Å². The molecule has 1 aromatic rings. The Bertz CT molecular complexity index is 452. The lowest BCUT2D eigenvalue weighted by Gasteiger charge is -2.10. The third kappa shape index (κ3) is 4.00. The fraction of sp³-hybridized carbons (Fsp3) is 0.500. The Morgan fingerprint density at radius 1 is 1.32 bits per heavy atom. The highest BCUT2D eigenvalue weighted by atomic mass is 79.9. The second-order valence-corrected chi connectivity index (χ2v) is 5.89. The summed E-state index contributed by atoms with van der Waals surface area (Å²) in [5.41, 5.74) is 2.85. The van der Waals surface area contributed by atoms with Crippen LogP contribution in [0.15, 0.2) is 29.8 Å². The average molecular weight is 325 g/mol. The van der Waals surface area contributed by atoms with Gasteiger partial charge in [0, 0.05) is 5.33 Å². The van der Waals surface area contributed by atoms with Crippen molar-refractivity contribution in [3.8, 4) is 11.5 Å². The van der Waals surface area contributed by atoms with Crippen LogP contribution in [0.3, 0.4) is 0 Å². The Kier molecular flexibility index (Phi) is 5.32. The molecule has 0 saturated carbocycles. The van der Waals surface area contributed by atoms with Gasteiger partial charge in [-0.05, 0) is 42.9 Å². The summed E-state index contributed by atoms with van der Waals surface area (Å²) in [5.74, 6) is 2.38. The van der Waals surface area contributed by atoms with Gasteiger partial charge in [-0.15, -0.1) is 0 Å². The van der Waals surface area contributed by atoms with Gasteiger partial charge in [0.15, 0.2) is 11.5 Å². The first-order valence-corrected chi connectivity index (χ1v) is 7.96. The van der Waals surface area contributed by atoms with Crippen LogP contribution in [0.25, 0.3) is 0 Å². The summed E-state index contributed by atoms with van der Waals surface area (Å²) in [5, 5.41) is 1.04. The molecule has 0 spiro atoms. The molecule has 0 saturated heterocycles. The molecule has 2 nitrogen and oxygen atoms in total. The van der Waals surface area contributed by atoms with Gasteiger partial charge in [0.2, 0.25) is 6.79 Å². The van der Waals surface area contributed by atoms with E-state index in [2.05, 4.69) is 48.0 Å². The summed E-state index contributed by atoms with van der Waals surface area (Å²) in [4.78, 5) is 0. The van der Waals surface area contributed by atoms with Gasteiger partial charge in [-0.2, -0.15) is 0 Å². The largest absolute Gasteiger partial charge is 0.454 e. The number of aryl methyl sites for hydroxylation is 1. The SMILES string of the molecule is CC(C)C(=CCCc1ccc2c(c1)OCO2)CCBr. The lowest BCUT2D eigenvalue weighted by Crippen LogP contribution is -1.96. The number of fused-ring (bicyclic) bond motifs is 1. The number of allylic oxidation sites excluding steroid dienone is 2. The van der Waals surface area contributed by atoms with Gasteiger partial charge in [0.25, 0.3) is 0 Å². The first kappa shape index (κ1) is 14.4. The van der Waals surface area contributed by atoms with Crippen molar-refractivity contribution in [3.63, 3.8) is 0 Å². The van der Waals surface area contributed by atoms with Gasteiger partial charge in [-0.3, -0.25) is 0 Å². The van der Waals surface area contributed by atoms with Gasteiger partial charge in [-0.1, -0.05) is 47.5 Å². The highest BCUT2D eigenvalue weighted by Gasteiger charge is 2.12. The van der Waals surface area contributed by atoms with Crippen molar-refractivity contribution < 1.29 is 9.47 Å². The molecule has 0 amide bonds. The molecule has 3 heteroatoms. The van der Waals surface area contributed by atoms with Gasteiger partial charge in [0.1, 0.15) is 0 Å². The van der Waals surface area contributed by atoms with E-state index in [0.29, 0.717) is 12.7 Å². The molecular formula is C16H21BrO2. The molecule has 0 radical (unpaired) electrons. The third-order valence-electron chi connectivity index (χ3n) is 3.40. The van der Waals surface area contributed by atoms with E-state index >= 15 is 0 Å². The van der Waals surface area contributed by atoms with E-state index in [4.69, 9.17) is 9.47 Å². The van der Waals surface area contributed by atoms with E-state index in [9.17, 15) is 0 Å². The highest BCUT2D eigenvalue weighted by molar-refractivity contribution is 9.09. The van der Waals surface area contributed by atoms with Crippen molar-refractivity contribution in [1.82, 2.24) is 0 Å². The van der Waals surface area contributed by atoms with Gasteiger partial charge < -0.3 is 9.47 Å². The summed E-state index contributed by atoms with van der Waals surface area (Å²) in [6.45, 7) is 4.87. The molecule has 0 atom stereocenters.